The van der Waals surface area contributed by atoms with Crippen LogP contribution in [0.15, 0.2) is 22.0 Å². The van der Waals surface area contributed by atoms with Gasteiger partial charge >= 0.3 is 0 Å². The lowest BCUT2D eigenvalue weighted by molar-refractivity contribution is 0.663. The van der Waals surface area contributed by atoms with Crippen molar-refractivity contribution >= 4 is 17.2 Å². The largest absolute Gasteiger partial charge is 0.391 e. The van der Waals surface area contributed by atoms with Gasteiger partial charge in [0.25, 0.3) is 0 Å². The maximum atomic E-state index is 5.59. The van der Waals surface area contributed by atoms with Crippen molar-refractivity contribution in [2.45, 2.75) is 32.2 Å². The molecule has 0 aliphatic carbocycles. The molecular formula is C8H13N3S. The fourth-order valence-corrected chi connectivity index (χ4v) is 1.37. The van der Waals surface area contributed by atoms with Crippen LogP contribution in [0.5, 0.6) is 0 Å². The summed E-state index contributed by atoms with van der Waals surface area (Å²) in [6, 6.07) is 0. The van der Waals surface area contributed by atoms with E-state index in [1.807, 2.05) is 19.9 Å². The number of nitrogens with zero attached hydrogens (tertiary/aromatic N) is 2. The van der Waals surface area contributed by atoms with Gasteiger partial charge in [0.2, 0.25) is 0 Å². The second kappa shape index (κ2) is 3.31. The molecule has 0 fully saturated rings. The molecular weight excluding hydrogens is 170 g/mol. The van der Waals surface area contributed by atoms with Crippen molar-refractivity contribution in [1.82, 2.24) is 0 Å². The smallest absolute Gasteiger partial charge is 0.151 e. The zero-order valence-corrected chi connectivity index (χ0v) is 8.19. The molecule has 0 radical (unpaired) electrons. The average Bonchev–Trinajstić information content (AvgIpc) is 2.48. The Bertz CT molecular complexity index is 257. The van der Waals surface area contributed by atoms with E-state index >= 15 is 0 Å². The fourth-order valence-electron chi connectivity index (χ4n) is 1.13. The highest BCUT2D eigenvalue weighted by atomic mass is 32.1. The highest BCUT2D eigenvalue weighted by Gasteiger charge is 2.32. The molecule has 2 N–H and O–H groups in total. The highest BCUT2D eigenvalue weighted by Crippen LogP contribution is 2.28. The van der Waals surface area contributed by atoms with Crippen molar-refractivity contribution in [3.63, 3.8) is 0 Å². The molecule has 1 atom stereocenters. The maximum absolute atomic E-state index is 5.59. The van der Waals surface area contributed by atoms with Gasteiger partial charge < -0.3 is 5.73 Å². The molecule has 0 aromatic carbocycles. The SMILES string of the molecule is CCC1=CC(CC)(C(N)=S)N=N1. The molecule has 1 heterocycles. The van der Waals surface area contributed by atoms with Gasteiger partial charge in [0, 0.05) is 0 Å². The first-order chi connectivity index (χ1) is 5.64. The van der Waals surface area contributed by atoms with Crippen LogP contribution < -0.4 is 5.73 Å². The molecule has 4 heteroatoms. The average molecular weight is 183 g/mol. The third-order valence-corrected chi connectivity index (χ3v) is 2.44. The molecule has 0 amide bonds. The Kier molecular flexibility index (Phi) is 2.57. The highest BCUT2D eigenvalue weighted by molar-refractivity contribution is 7.80. The molecule has 1 unspecified atom stereocenters. The lowest BCUT2D eigenvalue weighted by Crippen LogP contribution is -2.37. The number of thiocarbonyl (C=S) groups is 1. The Balaban J connectivity index is 2.94. The first-order valence-electron chi connectivity index (χ1n) is 4.09. The van der Waals surface area contributed by atoms with E-state index in [2.05, 4.69) is 10.2 Å². The summed E-state index contributed by atoms with van der Waals surface area (Å²) < 4.78 is 0. The molecule has 0 aromatic rings. The number of hydrogen-bond acceptors (Lipinski definition) is 3. The van der Waals surface area contributed by atoms with Crippen LogP contribution in [0.25, 0.3) is 0 Å². The van der Waals surface area contributed by atoms with Gasteiger partial charge in [-0.25, -0.2) is 0 Å². The molecule has 1 rings (SSSR count). The van der Waals surface area contributed by atoms with E-state index < -0.39 is 5.54 Å². The molecule has 0 saturated carbocycles. The van der Waals surface area contributed by atoms with Gasteiger partial charge in [-0.05, 0) is 18.9 Å². The van der Waals surface area contributed by atoms with Crippen LogP contribution in [0.3, 0.4) is 0 Å². The van der Waals surface area contributed by atoms with Gasteiger partial charge in [-0.15, -0.1) is 0 Å². The minimum absolute atomic E-state index is 0.414. The number of rotatable bonds is 3. The summed E-state index contributed by atoms with van der Waals surface area (Å²) in [5.74, 6) is 0. The van der Waals surface area contributed by atoms with Crippen molar-refractivity contribution in [2.24, 2.45) is 16.0 Å². The first-order valence-corrected chi connectivity index (χ1v) is 4.50. The zero-order chi connectivity index (χ0) is 9.19. The predicted octanol–water partition coefficient (Wildman–Crippen LogP) is 2.18. The minimum atomic E-state index is -0.485. The van der Waals surface area contributed by atoms with Crippen LogP contribution in [0.1, 0.15) is 26.7 Å². The Morgan fingerprint density at radius 2 is 2.33 bits per heavy atom. The van der Waals surface area contributed by atoms with Crippen molar-refractivity contribution in [1.29, 1.82) is 0 Å². The Morgan fingerprint density at radius 1 is 1.67 bits per heavy atom. The summed E-state index contributed by atoms with van der Waals surface area (Å²) in [5.41, 5.74) is 6.08. The Labute approximate surface area is 77.7 Å². The van der Waals surface area contributed by atoms with E-state index in [9.17, 15) is 0 Å². The van der Waals surface area contributed by atoms with Gasteiger partial charge in [0.05, 0.1) is 5.70 Å². The molecule has 1 aliphatic heterocycles. The van der Waals surface area contributed by atoms with Crippen LogP contribution in [0.2, 0.25) is 0 Å². The van der Waals surface area contributed by atoms with Gasteiger partial charge in [0.1, 0.15) is 4.99 Å². The van der Waals surface area contributed by atoms with E-state index in [-0.39, 0.29) is 0 Å². The molecule has 3 nitrogen and oxygen atoms in total. The van der Waals surface area contributed by atoms with Gasteiger partial charge in [-0.3, -0.25) is 0 Å². The summed E-state index contributed by atoms with van der Waals surface area (Å²) in [7, 11) is 0. The van der Waals surface area contributed by atoms with E-state index in [1.165, 1.54) is 0 Å². The third-order valence-electron chi connectivity index (χ3n) is 2.09. The van der Waals surface area contributed by atoms with Crippen LogP contribution in [0, 0.1) is 0 Å². The lowest BCUT2D eigenvalue weighted by atomic mass is 9.96. The minimum Gasteiger partial charge on any atom is -0.391 e. The lowest BCUT2D eigenvalue weighted by Gasteiger charge is -2.17. The normalized spacial score (nSPS) is 27.3. The fraction of sp³-hybridized carbons (Fsp3) is 0.625. The molecule has 0 bridgehead atoms. The van der Waals surface area contributed by atoms with Crippen molar-refractivity contribution < 1.29 is 0 Å². The monoisotopic (exact) mass is 183 g/mol. The van der Waals surface area contributed by atoms with E-state index in [4.69, 9.17) is 18.0 Å². The van der Waals surface area contributed by atoms with Crippen molar-refractivity contribution in [3.05, 3.63) is 11.8 Å². The van der Waals surface area contributed by atoms with Crippen molar-refractivity contribution in [3.8, 4) is 0 Å². The summed E-state index contributed by atoms with van der Waals surface area (Å²) in [6.07, 6.45) is 3.64. The number of hydrogen-bond donors (Lipinski definition) is 1. The Hall–Kier alpha value is -0.770. The molecule has 0 spiro atoms. The van der Waals surface area contributed by atoms with Crippen LogP contribution in [-0.2, 0) is 0 Å². The standard InChI is InChI=1S/C8H13N3S/c1-3-6-5-8(4-2,7(9)12)11-10-6/h5H,3-4H2,1-2H3,(H2,9,12). The number of azo groups is 1. The van der Waals surface area contributed by atoms with Gasteiger partial charge in [-0.2, -0.15) is 10.2 Å². The zero-order valence-electron chi connectivity index (χ0n) is 7.37. The quantitative estimate of drug-likeness (QED) is 0.682. The number of allylic oxidation sites excluding steroid dienone is 1. The maximum Gasteiger partial charge on any atom is 0.151 e. The number of nitrogens with two attached hydrogens (primary N) is 1. The van der Waals surface area contributed by atoms with E-state index in [1.54, 1.807) is 0 Å². The molecule has 0 saturated heterocycles. The van der Waals surface area contributed by atoms with Crippen LogP contribution in [-0.4, -0.2) is 10.5 Å². The summed E-state index contributed by atoms with van der Waals surface area (Å²) in [4.78, 5) is 0.414. The summed E-state index contributed by atoms with van der Waals surface area (Å²) in [5, 5.41) is 8.12. The molecule has 1 aliphatic rings. The van der Waals surface area contributed by atoms with Crippen LogP contribution >= 0.6 is 12.2 Å². The van der Waals surface area contributed by atoms with Crippen LogP contribution in [0.4, 0.5) is 0 Å². The molecule has 66 valence electrons. The Morgan fingerprint density at radius 3 is 2.58 bits per heavy atom. The second-order valence-electron chi connectivity index (χ2n) is 2.83. The molecule has 0 aromatic heterocycles. The summed E-state index contributed by atoms with van der Waals surface area (Å²) >= 11 is 4.95. The second-order valence-corrected chi connectivity index (χ2v) is 3.27. The van der Waals surface area contributed by atoms with Gasteiger partial charge in [-0.1, -0.05) is 26.1 Å². The van der Waals surface area contributed by atoms with Crippen molar-refractivity contribution in [2.75, 3.05) is 0 Å². The summed E-state index contributed by atoms with van der Waals surface area (Å²) in [6.45, 7) is 4.05. The molecule has 12 heavy (non-hydrogen) atoms. The topological polar surface area (TPSA) is 50.7 Å². The first kappa shape index (κ1) is 9.32. The van der Waals surface area contributed by atoms with E-state index in [0.29, 0.717) is 4.99 Å². The third kappa shape index (κ3) is 1.39. The van der Waals surface area contributed by atoms with Gasteiger partial charge in [0.15, 0.2) is 5.54 Å². The van der Waals surface area contributed by atoms with E-state index in [0.717, 1.165) is 18.5 Å². The predicted molar refractivity (Wildman–Crippen MR) is 53.0 cm³/mol.